The molecule has 0 aliphatic heterocycles. The van der Waals surface area contributed by atoms with Gasteiger partial charge in [0, 0.05) is 12.2 Å². The monoisotopic (exact) mass is 444 g/mol. The Morgan fingerprint density at radius 1 is 0.750 bits per heavy atom. The number of rotatable bonds is 8. The van der Waals surface area contributed by atoms with E-state index in [9.17, 15) is 19.8 Å². The summed E-state index contributed by atoms with van der Waals surface area (Å²) in [5.74, 6) is 0.0765. The van der Waals surface area contributed by atoms with Crippen molar-refractivity contribution in [2.45, 2.75) is 13.8 Å². The van der Waals surface area contributed by atoms with Crippen molar-refractivity contribution >= 4 is 24.1 Å². The summed E-state index contributed by atoms with van der Waals surface area (Å²) in [5, 5.41) is 18.7. The van der Waals surface area contributed by atoms with Gasteiger partial charge >= 0.3 is 11.9 Å². The number of benzene rings is 2. The average molecular weight is 444 g/mol. The number of carbonyl (C=O) groups excluding carboxylic acids is 2. The Morgan fingerprint density at radius 2 is 1.12 bits per heavy atom. The molecule has 2 aromatic rings. The third-order valence-corrected chi connectivity index (χ3v) is 3.80. The summed E-state index contributed by atoms with van der Waals surface area (Å²) in [4.78, 5) is 22.1. The van der Waals surface area contributed by atoms with Gasteiger partial charge in [0.1, 0.15) is 0 Å². The van der Waals surface area contributed by atoms with Crippen LogP contribution in [0.4, 0.5) is 0 Å². The molecule has 2 N–H and O–H groups in total. The molecule has 0 radical (unpaired) electrons. The van der Waals surface area contributed by atoms with Crippen LogP contribution >= 0.6 is 0 Å². The lowest BCUT2D eigenvalue weighted by Crippen LogP contribution is -1.98. The zero-order valence-corrected chi connectivity index (χ0v) is 18.5. The lowest BCUT2D eigenvalue weighted by molar-refractivity contribution is -0.138. The molecule has 0 bridgehead atoms. The van der Waals surface area contributed by atoms with Crippen LogP contribution in [0.3, 0.4) is 0 Å². The second-order valence-electron chi connectivity index (χ2n) is 6.03. The highest BCUT2D eigenvalue weighted by Gasteiger charge is 2.02. The Balaban J connectivity index is 0.000000320. The molecule has 0 amide bonds. The van der Waals surface area contributed by atoms with Crippen molar-refractivity contribution in [1.29, 1.82) is 0 Å². The summed E-state index contributed by atoms with van der Waals surface area (Å²) in [7, 11) is 2.93. The van der Waals surface area contributed by atoms with E-state index >= 15 is 0 Å². The van der Waals surface area contributed by atoms with Crippen LogP contribution in [0, 0.1) is 0 Å². The van der Waals surface area contributed by atoms with E-state index < -0.39 is 11.9 Å². The lowest BCUT2D eigenvalue weighted by Gasteiger charge is -2.03. The molecule has 2 rings (SSSR count). The van der Waals surface area contributed by atoms with Crippen molar-refractivity contribution in [3.63, 3.8) is 0 Å². The number of hydrogen-bond donors (Lipinski definition) is 2. The van der Waals surface area contributed by atoms with Gasteiger partial charge in [0.2, 0.25) is 0 Å². The topological polar surface area (TPSA) is 112 Å². The molecule has 32 heavy (non-hydrogen) atoms. The summed E-state index contributed by atoms with van der Waals surface area (Å²) in [5.41, 5.74) is 1.51. The predicted octanol–water partition coefficient (Wildman–Crippen LogP) is 3.95. The van der Waals surface area contributed by atoms with Crippen LogP contribution in [0.25, 0.3) is 12.2 Å². The lowest BCUT2D eigenvalue weighted by atomic mass is 10.2. The number of methoxy groups -OCH3 is 2. The van der Waals surface area contributed by atoms with Gasteiger partial charge < -0.3 is 29.2 Å². The second kappa shape index (κ2) is 14.1. The van der Waals surface area contributed by atoms with Crippen LogP contribution in [-0.2, 0) is 19.1 Å². The molecule has 2 aromatic carbocycles. The molecular weight excluding hydrogens is 416 g/mol. The molecule has 0 aliphatic rings. The van der Waals surface area contributed by atoms with Crippen molar-refractivity contribution in [2.24, 2.45) is 0 Å². The van der Waals surface area contributed by atoms with Gasteiger partial charge in [-0.3, -0.25) is 0 Å². The number of esters is 2. The molecule has 0 spiro atoms. The molecule has 0 atom stereocenters. The van der Waals surface area contributed by atoms with Crippen molar-refractivity contribution < 1.29 is 38.7 Å². The highest BCUT2D eigenvalue weighted by Crippen LogP contribution is 2.27. The third-order valence-electron chi connectivity index (χ3n) is 3.80. The third kappa shape index (κ3) is 9.25. The Hall–Kier alpha value is -3.94. The van der Waals surface area contributed by atoms with Gasteiger partial charge in [-0.05, 0) is 61.4 Å². The van der Waals surface area contributed by atoms with Gasteiger partial charge in [0.15, 0.2) is 23.0 Å². The maximum absolute atomic E-state index is 11.0. The van der Waals surface area contributed by atoms with E-state index in [1.807, 2.05) is 0 Å². The van der Waals surface area contributed by atoms with Crippen LogP contribution in [0.5, 0.6) is 23.0 Å². The molecule has 172 valence electrons. The van der Waals surface area contributed by atoms with Gasteiger partial charge in [0.25, 0.3) is 0 Å². The first-order chi connectivity index (χ1) is 15.3. The minimum atomic E-state index is -0.394. The Labute approximate surface area is 187 Å². The summed E-state index contributed by atoms with van der Waals surface area (Å²) in [6.07, 6.45) is 5.85. The van der Waals surface area contributed by atoms with Gasteiger partial charge in [-0.25, -0.2) is 9.59 Å². The first-order valence-corrected chi connectivity index (χ1v) is 9.78. The van der Waals surface area contributed by atoms with Crippen LogP contribution in [-0.4, -0.2) is 49.6 Å². The summed E-state index contributed by atoms with van der Waals surface area (Å²) in [6, 6.07) is 9.62. The molecule has 0 unspecified atom stereocenters. The predicted molar refractivity (Wildman–Crippen MR) is 121 cm³/mol. The van der Waals surface area contributed by atoms with E-state index in [2.05, 4.69) is 0 Å². The first kappa shape index (κ1) is 26.1. The SMILES string of the molecule is CCOC(=O)C=Cc1ccc(O)c(OC)c1.CCOC(=O)C=Cc1ccc(O)c(OC)c1. The molecule has 0 heterocycles. The van der Waals surface area contributed by atoms with Gasteiger partial charge in [0.05, 0.1) is 27.4 Å². The fourth-order valence-electron chi connectivity index (χ4n) is 2.31. The van der Waals surface area contributed by atoms with E-state index in [1.165, 1.54) is 38.5 Å². The fraction of sp³-hybridized carbons (Fsp3) is 0.250. The molecular formula is C24H28O8. The van der Waals surface area contributed by atoms with Crippen LogP contribution in [0.15, 0.2) is 48.6 Å². The number of ether oxygens (including phenoxy) is 4. The quantitative estimate of drug-likeness (QED) is 0.465. The van der Waals surface area contributed by atoms with E-state index in [1.54, 1.807) is 50.3 Å². The van der Waals surface area contributed by atoms with Crippen molar-refractivity contribution in [3.8, 4) is 23.0 Å². The smallest absolute Gasteiger partial charge is 0.330 e. The maximum atomic E-state index is 11.0. The minimum Gasteiger partial charge on any atom is -0.504 e. The maximum Gasteiger partial charge on any atom is 0.330 e. The molecule has 0 aliphatic carbocycles. The molecule has 8 nitrogen and oxygen atoms in total. The first-order valence-electron chi connectivity index (χ1n) is 9.78. The molecule has 0 saturated heterocycles. The van der Waals surface area contributed by atoms with Crippen LogP contribution < -0.4 is 9.47 Å². The average Bonchev–Trinajstić information content (AvgIpc) is 2.79. The fourth-order valence-corrected chi connectivity index (χ4v) is 2.31. The summed E-state index contributed by atoms with van der Waals surface area (Å²) in [6.45, 7) is 4.19. The zero-order valence-electron chi connectivity index (χ0n) is 18.5. The van der Waals surface area contributed by atoms with E-state index in [0.717, 1.165) is 11.1 Å². The highest BCUT2D eigenvalue weighted by atomic mass is 16.5. The molecule has 0 saturated carbocycles. The summed E-state index contributed by atoms with van der Waals surface area (Å²) < 4.78 is 19.4. The Kier molecular flexibility index (Phi) is 11.5. The van der Waals surface area contributed by atoms with E-state index in [0.29, 0.717) is 24.7 Å². The molecule has 0 aromatic heterocycles. The van der Waals surface area contributed by atoms with Gasteiger partial charge in [-0.2, -0.15) is 0 Å². The van der Waals surface area contributed by atoms with Crippen molar-refractivity contribution in [2.75, 3.05) is 27.4 Å². The number of phenols is 2. The normalized spacial score (nSPS) is 10.4. The van der Waals surface area contributed by atoms with E-state index in [4.69, 9.17) is 18.9 Å². The van der Waals surface area contributed by atoms with Crippen LogP contribution in [0.2, 0.25) is 0 Å². The Bertz CT molecular complexity index is 870. The number of carbonyl (C=O) groups is 2. The van der Waals surface area contributed by atoms with Crippen molar-refractivity contribution in [3.05, 3.63) is 59.7 Å². The number of aromatic hydroxyl groups is 2. The number of phenolic OH excluding ortho intramolecular Hbond substituents is 2. The second-order valence-corrected chi connectivity index (χ2v) is 6.03. The van der Waals surface area contributed by atoms with Gasteiger partial charge in [-0.15, -0.1) is 0 Å². The van der Waals surface area contributed by atoms with E-state index in [-0.39, 0.29) is 11.5 Å². The summed E-state index contributed by atoms with van der Waals surface area (Å²) >= 11 is 0. The minimum absolute atomic E-state index is 0.0655. The number of hydrogen-bond acceptors (Lipinski definition) is 8. The zero-order chi connectivity index (χ0) is 23.9. The highest BCUT2D eigenvalue weighted by molar-refractivity contribution is 5.87. The Morgan fingerprint density at radius 3 is 1.44 bits per heavy atom. The largest absolute Gasteiger partial charge is 0.504 e. The molecule has 8 heteroatoms. The molecule has 0 fully saturated rings. The van der Waals surface area contributed by atoms with Crippen molar-refractivity contribution in [1.82, 2.24) is 0 Å². The van der Waals surface area contributed by atoms with Crippen LogP contribution in [0.1, 0.15) is 25.0 Å². The van der Waals surface area contributed by atoms with Gasteiger partial charge in [-0.1, -0.05) is 12.1 Å². The standard InChI is InChI=1S/2C12H14O4/c2*1-3-16-12(14)7-5-9-4-6-10(13)11(8-9)15-2/h2*4-8,13H,3H2,1-2H3.